The summed E-state index contributed by atoms with van der Waals surface area (Å²) in [6.45, 7) is -0.0861. The maximum atomic E-state index is 11.8. The molecule has 0 aromatic heterocycles. The van der Waals surface area contributed by atoms with E-state index in [0.29, 0.717) is 6.42 Å². The number of hydrogen-bond donors (Lipinski definition) is 2. The molecule has 2 atom stereocenters. The van der Waals surface area contributed by atoms with Gasteiger partial charge < -0.3 is 0 Å². The van der Waals surface area contributed by atoms with Crippen LogP contribution in [0.3, 0.4) is 0 Å². The number of thioether (sulfide) groups is 1. The Balaban J connectivity index is 4.26. The molecule has 0 bridgehead atoms. The fourth-order valence-electron chi connectivity index (χ4n) is 0.623. The average Bonchev–Trinajstić information content (AvgIpc) is 1.97. The van der Waals surface area contributed by atoms with E-state index in [2.05, 4.69) is 0 Å². The highest BCUT2D eigenvalue weighted by atomic mass is 32.7. The van der Waals surface area contributed by atoms with E-state index in [1.165, 1.54) is 0 Å². The molecule has 96 valence electrons. The van der Waals surface area contributed by atoms with Crippen LogP contribution in [0.5, 0.6) is 0 Å². The van der Waals surface area contributed by atoms with Gasteiger partial charge in [0.05, 0.1) is 0 Å². The summed E-state index contributed by atoms with van der Waals surface area (Å²) in [5, 5.41) is 0.124. The minimum Gasteiger partial charge on any atom is -0.278 e. The van der Waals surface area contributed by atoms with Crippen LogP contribution >= 0.6 is 29.8 Å². The molecule has 0 spiro atoms. The predicted molar refractivity (Wildman–Crippen MR) is 61.3 cm³/mol. The molecule has 1 amide bonds. The first-order chi connectivity index (χ1) is 7.06. The second kappa shape index (κ2) is 6.18. The fourth-order valence-corrected chi connectivity index (χ4v) is 5.05. The third kappa shape index (κ3) is 8.32. The SMILES string of the molecule is CCC(C)SP(N)(=O)NC(=O)SC(F)(F)F. The lowest BCUT2D eigenvalue weighted by Gasteiger charge is -2.17. The van der Waals surface area contributed by atoms with Gasteiger partial charge in [0.2, 0.25) is 0 Å². The van der Waals surface area contributed by atoms with Crippen LogP contribution < -0.4 is 10.6 Å². The van der Waals surface area contributed by atoms with Gasteiger partial charge in [-0.05, 0) is 6.42 Å². The van der Waals surface area contributed by atoms with Crippen LogP contribution in [0.1, 0.15) is 20.3 Å². The van der Waals surface area contributed by atoms with Crippen LogP contribution in [0, 0.1) is 0 Å². The van der Waals surface area contributed by atoms with Gasteiger partial charge in [-0.3, -0.25) is 20.0 Å². The molecule has 4 nitrogen and oxygen atoms in total. The van der Waals surface area contributed by atoms with Gasteiger partial charge in [-0.2, -0.15) is 13.2 Å². The van der Waals surface area contributed by atoms with Crippen LogP contribution in [0.4, 0.5) is 18.0 Å². The summed E-state index contributed by atoms with van der Waals surface area (Å²) in [4.78, 5) is 10.8. The number of alkyl halides is 3. The van der Waals surface area contributed by atoms with Gasteiger partial charge in [-0.15, -0.1) is 0 Å². The molecular formula is C6H12F3N2O2PS2. The molecule has 0 radical (unpaired) electrons. The molecule has 0 saturated carbocycles. The maximum Gasteiger partial charge on any atom is 0.450 e. The van der Waals surface area contributed by atoms with E-state index < -0.39 is 29.2 Å². The Morgan fingerprint density at radius 3 is 2.44 bits per heavy atom. The highest BCUT2D eigenvalue weighted by Crippen LogP contribution is 2.51. The molecule has 0 aromatic carbocycles. The summed E-state index contributed by atoms with van der Waals surface area (Å²) in [5.74, 6) is 0. The van der Waals surface area contributed by atoms with E-state index in [0.717, 1.165) is 11.4 Å². The molecular weight excluding hydrogens is 284 g/mol. The van der Waals surface area contributed by atoms with Gasteiger partial charge in [-0.1, -0.05) is 25.2 Å². The number of amides is 1. The van der Waals surface area contributed by atoms with Crippen molar-refractivity contribution in [3.05, 3.63) is 0 Å². The van der Waals surface area contributed by atoms with Gasteiger partial charge in [0, 0.05) is 17.0 Å². The van der Waals surface area contributed by atoms with Crippen molar-refractivity contribution in [1.29, 1.82) is 0 Å². The normalized spacial score (nSPS) is 17.6. The van der Waals surface area contributed by atoms with Crippen LogP contribution in [0.25, 0.3) is 0 Å². The Labute approximate surface area is 99.5 Å². The Morgan fingerprint density at radius 2 is 2.06 bits per heavy atom. The molecule has 0 aromatic rings. The Morgan fingerprint density at radius 1 is 1.56 bits per heavy atom. The molecule has 0 aliphatic carbocycles. The highest BCUT2D eigenvalue weighted by Gasteiger charge is 2.35. The van der Waals surface area contributed by atoms with Gasteiger partial charge in [0.1, 0.15) is 0 Å². The number of halogens is 3. The third-order valence-corrected chi connectivity index (χ3v) is 5.85. The lowest BCUT2D eigenvalue weighted by molar-refractivity contribution is -0.0319. The monoisotopic (exact) mass is 296 g/mol. The van der Waals surface area contributed by atoms with Crippen molar-refractivity contribution in [2.24, 2.45) is 5.50 Å². The molecule has 0 aliphatic heterocycles. The van der Waals surface area contributed by atoms with E-state index in [4.69, 9.17) is 5.50 Å². The highest BCUT2D eigenvalue weighted by molar-refractivity contribution is 8.57. The first-order valence-electron chi connectivity index (χ1n) is 4.20. The zero-order chi connectivity index (χ0) is 13.0. The molecule has 0 rings (SSSR count). The smallest absolute Gasteiger partial charge is 0.278 e. The summed E-state index contributed by atoms with van der Waals surface area (Å²) in [5.41, 5.74) is 0.516. The van der Waals surface area contributed by atoms with E-state index in [9.17, 15) is 22.5 Å². The van der Waals surface area contributed by atoms with Gasteiger partial charge in [0.25, 0.3) is 11.9 Å². The third-order valence-electron chi connectivity index (χ3n) is 1.37. The molecule has 3 N–H and O–H groups in total. The second-order valence-corrected chi connectivity index (χ2v) is 8.60. The quantitative estimate of drug-likeness (QED) is 0.776. The van der Waals surface area contributed by atoms with Crippen LogP contribution in [-0.4, -0.2) is 16.0 Å². The topological polar surface area (TPSA) is 72.2 Å². The fraction of sp³-hybridized carbons (Fsp3) is 0.833. The Bertz CT molecular complexity index is 300. The van der Waals surface area contributed by atoms with E-state index in [-0.39, 0.29) is 5.25 Å². The van der Waals surface area contributed by atoms with Gasteiger partial charge in [0.15, 0.2) is 0 Å². The van der Waals surface area contributed by atoms with Gasteiger partial charge >= 0.3 is 5.51 Å². The first-order valence-corrected chi connectivity index (χ1v) is 8.28. The van der Waals surface area contributed by atoms with Crippen molar-refractivity contribution >= 4 is 35.0 Å². The molecule has 16 heavy (non-hydrogen) atoms. The molecule has 0 aliphatic rings. The summed E-state index contributed by atoms with van der Waals surface area (Å²) >= 11 is -0.120. The zero-order valence-corrected chi connectivity index (χ0v) is 11.1. The van der Waals surface area contributed by atoms with Crippen molar-refractivity contribution in [2.75, 3.05) is 0 Å². The molecule has 10 heteroatoms. The van der Waals surface area contributed by atoms with Crippen molar-refractivity contribution in [1.82, 2.24) is 5.09 Å². The summed E-state index contributed by atoms with van der Waals surface area (Å²) in [7, 11) is 0. The minimum absolute atomic E-state index is 0.105. The average molecular weight is 296 g/mol. The van der Waals surface area contributed by atoms with Crippen molar-refractivity contribution in [2.45, 2.75) is 31.0 Å². The number of rotatable bonds is 4. The van der Waals surface area contributed by atoms with E-state index >= 15 is 0 Å². The molecule has 0 saturated heterocycles. The summed E-state index contributed by atoms with van der Waals surface area (Å²) in [6.07, 6.45) is 0.647. The van der Waals surface area contributed by atoms with Crippen LogP contribution in [0.15, 0.2) is 0 Å². The van der Waals surface area contributed by atoms with Gasteiger partial charge in [-0.25, -0.2) is 0 Å². The van der Waals surface area contributed by atoms with Crippen molar-refractivity contribution in [3.8, 4) is 0 Å². The molecule has 0 fully saturated rings. The standard InChI is InChI=1S/C6H12F3N2O2PS2/c1-3-4(2)16-14(10,13)11-5(12)15-6(7,8)9/h4H,3H2,1-2H3,(H3,10,11,12,13). The predicted octanol–water partition coefficient (Wildman–Crippen LogP) is 3.55. The minimum atomic E-state index is -4.70. The maximum absolute atomic E-state index is 11.8. The lowest BCUT2D eigenvalue weighted by atomic mass is 10.4. The van der Waals surface area contributed by atoms with E-state index in [1.807, 2.05) is 6.92 Å². The summed E-state index contributed by atoms with van der Waals surface area (Å²) < 4.78 is 46.8. The lowest BCUT2D eigenvalue weighted by Crippen LogP contribution is -2.22. The summed E-state index contributed by atoms with van der Waals surface area (Å²) in [6, 6.07) is 0. The number of nitrogens with one attached hydrogen (secondary N) is 1. The number of nitrogens with two attached hydrogens (primary N) is 1. The second-order valence-electron chi connectivity index (χ2n) is 2.87. The van der Waals surface area contributed by atoms with Crippen molar-refractivity contribution < 1.29 is 22.5 Å². The van der Waals surface area contributed by atoms with Crippen molar-refractivity contribution in [3.63, 3.8) is 0 Å². The Hall–Kier alpha value is 0.150. The number of hydrogen-bond acceptors (Lipinski definition) is 4. The molecule has 2 unspecified atom stereocenters. The molecule has 0 heterocycles. The van der Waals surface area contributed by atoms with Crippen LogP contribution in [0.2, 0.25) is 0 Å². The largest absolute Gasteiger partial charge is 0.450 e. The number of carbonyl (C=O) groups is 1. The van der Waals surface area contributed by atoms with E-state index in [1.54, 1.807) is 12.0 Å². The zero-order valence-electron chi connectivity index (χ0n) is 8.58. The van der Waals surface area contributed by atoms with Crippen LogP contribution in [-0.2, 0) is 4.57 Å². The Kier molecular flexibility index (Phi) is 6.24. The number of carbonyl (C=O) groups excluding carboxylic acids is 1. The first kappa shape index (κ1) is 16.1.